The molecule has 0 fully saturated rings. The van der Waals surface area contributed by atoms with Gasteiger partial charge in [0.25, 0.3) is 5.69 Å². The summed E-state index contributed by atoms with van der Waals surface area (Å²) in [7, 11) is 0. The molecule has 2 aromatic rings. The van der Waals surface area contributed by atoms with Crippen molar-refractivity contribution in [2.75, 3.05) is 5.32 Å². The van der Waals surface area contributed by atoms with Crippen LogP contribution in [-0.4, -0.2) is 15.4 Å². The lowest BCUT2D eigenvalue weighted by Gasteiger charge is -2.28. The topological polar surface area (TPSA) is 68.1 Å². The summed E-state index contributed by atoms with van der Waals surface area (Å²) in [4.78, 5) is 15.1. The van der Waals surface area contributed by atoms with E-state index >= 15 is 0 Å². The highest BCUT2D eigenvalue weighted by atomic mass is 16.6. The predicted octanol–water partition coefficient (Wildman–Crippen LogP) is 4.44. The fourth-order valence-corrected chi connectivity index (χ4v) is 2.62. The van der Waals surface area contributed by atoms with Gasteiger partial charge in [0.1, 0.15) is 0 Å². The van der Waals surface area contributed by atoms with Crippen molar-refractivity contribution in [3.05, 3.63) is 40.1 Å². The van der Waals surface area contributed by atoms with Gasteiger partial charge in [-0.3, -0.25) is 15.1 Å². The van der Waals surface area contributed by atoms with E-state index in [1.807, 2.05) is 13.0 Å². The Morgan fingerprint density at radius 3 is 2.67 bits per heavy atom. The van der Waals surface area contributed by atoms with Crippen LogP contribution in [-0.2, 0) is 0 Å². The van der Waals surface area contributed by atoms with Crippen molar-refractivity contribution in [2.45, 2.75) is 46.1 Å². The summed E-state index contributed by atoms with van der Waals surface area (Å²) >= 11 is 0. The van der Waals surface area contributed by atoms with Crippen molar-refractivity contribution in [1.29, 1.82) is 0 Å². The van der Waals surface area contributed by atoms with Gasteiger partial charge in [-0.25, -0.2) is 0 Å². The molecule has 0 spiro atoms. The lowest BCUT2D eigenvalue weighted by Crippen LogP contribution is -2.30. The average molecular weight is 287 g/mol. The third-order valence-corrected chi connectivity index (χ3v) is 3.48. The number of aromatic nitrogens is 1. The largest absolute Gasteiger partial charge is 0.380 e. The van der Waals surface area contributed by atoms with Crippen molar-refractivity contribution < 1.29 is 4.92 Å². The molecular formula is C16H21N3O2. The first-order valence-corrected chi connectivity index (χ1v) is 7.16. The highest BCUT2D eigenvalue weighted by Gasteiger charge is 2.18. The van der Waals surface area contributed by atoms with Gasteiger partial charge >= 0.3 is 0 Å². The molecule has 2 rings (SSSR count). The molecule has 0 saturated carbocycles. The molecule has 0 aliphatic carbocycles. The van der Waals surface area contributed by atoms with Crippen LogP contribution in [0, 0.1) is 17.0 Å². The Kier molecular flexibility index (Phi) is 4.11. The van der Waals surface area contributed by atoms with Crippen LogP contribution in [0.1, 0.15) is 39.3 Å². The van der Waals surface area contributed by atoms with Gasteiger partial charge in [-0.1, -0.05) is 13.3 Å². The Morgan fingerprint density at radius 2 is 2.05 bits per heavy atom. The van der Waals surface area contributed by atoms with E-state index in [4.69, 9.17) is 0 Å². The first-order valence-electron chi connectivity index (χ1n) is 7.16. The van der Waals surface area contributed by atoms with Crippen LogP contribution in [0.4, 0.5) is 11.4 Å². The summed E-state index contributed by atoms with van der Waals surface area (Å²) in [5.41, 5.74) is 2.59. The van der Waals surface area contributed by atoms with Crippen LogP contribution in [0.5, 0.6) is 0 Å². The second-order valence-electron chi connectivity index (χ2n) is 6.03. The molecule has 0 unspecified atom stereocenters. The minimum absolute atomic E-state index is 0.0694. The van der Waals surface area contributed by atoms with Crippen molar-refractivity contribution in [3.8, 4) is 0 Å². The highest BCUT2D eigenvalue weighted by molar-refractivity contribution is 5.93. The Hall–Kier alpha value is -2.17. The van der Waals surface area contributed by atoms with Gasteiger partial charge < -0.3 is 5.32 Å². The van der Waals surface area contributed by atoms with E-state index in [2.05, 4.69) is 31.1 Å². The smallest absolute Gasteiger partial charge is 0.270 e. The first kappa shape index (κ1) is 15.2. The number of hydrogen-bond donors (Lipinski definition) is 1. The molecule has 0 amide bonds. The van der Waals surface area contributed by atoms with Crippen molar-refractivity contribution in [1.82, 2.24) is 4.98 Å². The summed E-state index contributed by atoms with van der Waals surface area (Å²) in [6.07, 6.45) is 2.09. The van der Waals surface area contributed by atoms with E-state index in [-0.39, 0.29) is 16.1 Å². The van der Waals surface area contributed by atoms with Crippen LogP contribution in [0.15, 0.2) is 24.3 Å². The fourth-order valence-electron chi connectivity index (χ4n) is 2.62. The van der Waals surface area contributed by atoms with E-state index in [9.17, 15) is 10.1 Å². The molecule has 112 valence electrons. The van der Waals surface area contributed by atoms with E-state index in [1.54, 1.807) is 12.1 Å². The predicted molar refractivity (Wildman–Crippen MR) is 85.7 cm³/mol. The van der Waals surface area contributed by atoms with Gasteiger partial charge in [0.15, 0.2) is 0 Å². The number of non-ortho nitro benzene ring substituents is 1. The number of aryl methyl sites for hydroxylation is 1. The third kappa shape index (κ3) is 3.48. The van der Waals surface area contributed by atoms with Gasteiger partial charge in [-0.2, -0.15) is 0 Å². The normalized spacial score (nSPS) is 11.6. The monoisotopic (exact) mass is 287 g/mol. The molecule has 21 heavy (non-hydrogen) atoms. The van der Waals surface area contributed by atoms with E-state index in [0.717, 1.165) is 35.1 Å². The zero-order chi connectivity index (χ0) is 15.6. The molecule has 5 heteroatoms. The van der Waals surface area contributed by atoms with Gasteiger partial charge in [0, 0.05) is 34.4 Å². The lowest BCUT2D eigenvalue weighted by atomic mass is 9.98. The summed E-state index contributed by atoms with van der Waals surface area (Å²) < 4.78 is 0. The first-order chi connectivity index (χ1) is 9.82. The summed E-state index contributed by atoms with van der Waals surface area (Å²) in [6, 6.07) is 6.74. The number of nitro groups is 1. The zero-order valence-corrected chi connectivity index (χ0v) is 12.9. The number of nitrogens with zero attached hydrogens (tertiary/aromatic N) is 2. The van der Waals surface area contributed by atoms with Crippen LogP contribution < -0.4 is 5.32 Å². The lowest BCUT2D eigenvalue weighted by molar-refractivity contribution is -0.384. The molecule has 0 aliphatic heterocycles. The number of pyridine rings is 1. The number of rotatable bonds is 5. The van der Waals surface area contributed by atoms with Crippen LogP contribution >= 0.6 is 0 Å². The molecule has 0 atom stereocenters. The molecule has 0 saturated heterocycles. The Morgan fingerprint density at radius 1 is 1.33 bits per heavy atom. The SMILES string of the molecule is CCCC(C)(C)Nc1cc(C)nc2ccc([N+](=O)[O-])cc12. The van der Waals surface area contributed by atoms with Gasteiger partial charge in [-0.05, 0) is 39.3 Å². The van der Waals surface area contributed by atoms with Crippen molar-refractivity contribution in [3.63, 3.8) is 0 Å². The van der Waals surface area contributed by atoms with Crippen LogP contribution in [0.2, 0.25) is 0 Å². The fraction of sp³-hybridized carbons (Fsp3) is 0.438. The summed E-state index contributed by atoms with van der Waals surface area (Å²) in [5, 5.41) is 15.3. The van der Waals surface area contributed by atoms with Gasteiger partial charge in [0.2, 0.25) is 0 Å². The Bertz CT molecular complexity index is 681. The van der Waals surface area contributed by atoms with Crippen LogP contribution in [0.25, 0.3) is 10.9 Å². The number of nitro benzene ring substituents is 1. The number of nitrogens with one attached hydrogen (secondary N) is 1. The molecule has 1 heterocycles. The molecule has 0 bridgehead atoms. The van der Waals surface area contributed by atoms with Gasteiger partial charge in [-0.15, -0.1) is 0 Å². The molecular weight excluding hydrogens is 266 g/mol. The Balaban J connectivity index is 2.55. The summed E-state index contributed by atoms with van der Waals surface area (Å²) in [6.45, 7) is 8.34. The second-order valence-corrected chi connectivity index (χ2v) is 6.03. The number of fused-ring (bicyclic) bond motifs is 1. The van der Waals surface area contributed by atoms with E-state index in [1.165, 1.54) is 6.07 Å². The Labute approximate surface area is 124 Å². The maximum Gasteiger partial charge on any atom is 0.270 e. The molecule has 0 radical (unpaired) electrons. The number of hydrogen-bond acceptors (Lipinski definition) is 4. The number of anilines is 1. The second kappa shape index (κ2) is 5.68. The maximum absolute atomic E-state index is 11.0. The molecule has 0 aliphatic rings. The zero-order valence-electron chi connectivity index (χ0n) is 12.9. The van der Waals surface area contributed by atoms with E-state index in [0.29, 0.717) is 0 Å². The third-order valence-electron chi connectivity index (χ3n) is 3.48. The van der Waals surface area contributed by atoms with E-state index < -0.39 is 0 Å². The minimum atomic E-state index is -0.375. The van der Waals surface area contributed by atoms with Crippen molar-refractivity contribution >= 4 is 22.3 Å². The standard InChI is InChI=1S/C16H21N3O2/c1-5-8-16(3,4)18-15-9-11(2)17-14-7-6-12(19(20)21)10-13(14)15/h6-7,9-10H,5,8H2,1-4H3,(H,17,18). The molecule has 5 nitrogen and oxygen atoms in total. The average Bonchev–Trinajstić information content (AvgIpc) is 2.37. The maximum atomic E-state index is 11.0. The minimum Gasteiger partial charge on any atom is -0.380 e. The quantitative estimate of drug-likeness (QED) is 0.652. The van der Waals surface area contributed by atoms with Gasteiger partial charge in [0.05, 0.1) is 10.4 Å². The van der Waals surface area contributed by atoms with Crippen LogP contribution in [0.3, 0.4) is 0 Å². The van der Waals surface area contributed by atoms with Crippen molar-refractivity contribution in [2.24, 2.45) is 0 Å². The highest BCUT2D eigenvalue weighted by Crippen LogP contribution is 2.30. The molecule has 1 aromatic carbocycles. The molecule has 1 N–H and O–H groups in total. The summed E-state index contributed by atoms with van der Waals surface area (Å²) in [5.74, 6) is 0. The molecule has 1 aromatic heterocycles. The number of benzene rings is 1.